The lowest BCUT2D eigenvalue weighted by molar-refractivity contribution is -0.152. The average Bonchev–Trinajstić information content (AvgIpc) is 2.81. The van der Waals surface area contributed by atoms with E-state index in [2.05, 4.69) is 6.92 Å². The number of Topliss-reactive ketones (excluding diaryl/α,β-unsaturated/α-hetero) is 1. The molecule has 0 heterocycles. The van der Waals surface area contributed by atoms with Crippen LogP contribution in [0, 0.1) is 22.7 Å². The summed E-state index contributed by atoms with van der Waals surface area (Å²) in [6, 6.07) is 0. The predicted octanol–water partition coefficient (Wildman–Crippen LogP) is 3.16. The van der Waals surface area contributed by atoms with Crippen molar-refractivity contribution in [3.8, 4) is 0 Å². The van der Waals surface area contributed by atoms with Gasteiger partial charge in [-0.25, -0.2) is 0 Å². The van der Waals surface area contributed by atoms with Gasteiger partial charge in [-0.2, -0.15) is 0 Å². The van der Waals surface area contributed by atoms with E-state index in [0.717, 1.165) is 31.3 Å². The molecule has 4 aliphatic carbocycles. The largest absolute Gasteiger partial charge is 0.462 e. The Morgan fingerprint density at radius 2 is 2.00 bits per heavy atom. The van der Waals surface area contributed by atoms with Crippen LogP contribution in [0.1, 0.15) is 52.4 Å². The summed E-state index contributed by atoms with van der Waals surface area (Å²) in [5.74, 6) is 0.298. The van der Waals surface area contributed by atoms with Crippen molar-refractivity contribution < 1.29 is 19.1 Å². The highest BCUT2D eigenvalue weighted by Gasteiger charge is 2.60. The molecule has 0 saturated heterocycles. The van der Waals surface area contributed by atoms with Gasteiger partial charge in [-0.3, -0.25) is 14.4 Å². The number of hydrogen-bond donors (Lipinski definition) is 0. The molecule has 0 aliphatic heterocycles. The molecule has 1 spiro atoms. The Labute approximate surface area is 142 Å². The highest BCUT2D eigenvalue weighted by Crippen LogP contribution is 2.60. The summed E-state index contributed by atoms with van der Waals surface area (Å²) in [4.78, 5) is 36.7. The molecule has 2 bridgehead atoms. The molecule has 4 heteroatoms. The first kappa shape index (κ1) is 15.8. The predicted molar refractivity (Wildman–Crippen MR) is 88.0 cm³/mol. The van der Waals surface area contributed by atoms with Gasteiger partial charge in [-0.05, 0) is 49.7 Å². The molecule has 0 N–H and O–H groups in total. The van der Waals surface area contributed by atoms with Crippen molar-refractivity contribution >= 4 is 17.5 Å². The molecular formula is C20H24O4. The number of carbonyl (C=O) groups excluding carboxylic acids is 3. The fourth-order valence-corrected chi connectivity index (χ4v) is 5.70. The fraction of sp³-hybridized carbons (Fsp3) is 0.650. The number of ketones is 2. The standard InChI is InChI=1S/C20H24O4/c1-12(21)24-17-6-5-16-15-4-3-13-11-14(22)7-8-20(13,18(15)23)10-9-19(16,17)2/h3-4,11,15-17H,5-10H2,1-2H3. The molecule has 24 heavy (non-hydrogen) atoms. The Bertz CT molecular complexity index is 688. The molecule has 0 amide bonds. The van der Waals surface area contributed by atoms with Gasteiger partial charge in [-0.1, -0.05) is 19.1 Å². The van der Waals surface area contributed by atoms with Crippen LogP contribution in [0.5, 0.6) is 0 Å². The summed E-state index contributed by atoms with van der Waals surface area (Å²) in [6.45, 7) is 3.65. The van der Waals surface area contributed by atoms with E-state index in [-0.39, 0.29) is 35.1 Å². The SMILES string of the molecule is CC(=O)OC1CCC2C3C=CC4=CC(=O)CCC4(CCC12C)C3=O. The molecule has 0 aromatic carbocycles. The van der Waals surface area contributed by atoms with E-state index in [4.69, 9.17) is 4.74 Å². The normalized spacial score (nSPS) is 43.6. The second-order valence-corrected chi connectivity index (χ2v) is 8.18. The van der Waals surface area contributed by atoms with Crippen molar-refractivity contribution in [2.45, 2.75) is 58.5 Å². The Hall–Kier alpha value is -1.71. The Kier molecular flexibility index (Phi) is 3.38. The van der Waals surface area contributed by atoms with E-state index in [0.29, 0.717) is 18.6 Å². The highest BCUT2D eigenvalue weighted by atomic mass is 16.5. The summed E-state index contributed by atoms with van der Waals surface area (Å²) in [6.07, 6.45) is 10.1. The van der Waals surface area contributed by atoms with E-state index in [1.807, 2.05) is 12.2 Å². The highest BCUT2D eigenvalue weighted by molar-refractivity contribution is 6.00. The molecule has 4 nitrogen and oxygen atoms in total. The van der Waals surface area contributed by atoms with Gasteiger partial charge >= 0.3 is 5.97 Å². The van der Waals surface area contributed by atoms with E-state index in [1.165, 1.54) is 6.92 Å². The van der Waals surface area contributed by atoms with E-state index in [1.54, 1.807) is 6.08 Å². The summed E-state index contributed by atoms with van der Waals surface area (Å²) >= 11 is 0. The second-order valence-electron chi connectivity index (χ2n) is 8.18. The van der Waals surface area contributed by atoms with Gasteiger partial charge in [0.25, 0.3) is 0 Å². The molecule has 0 aromatic heterocycles. The van der Waals surface area contributed by atoms with Crippen molar-refractivity contribution in [1.82, 2.24) is 0 Å². The number of esters is 1. The summed E-state index contributed by atoms with van der Waals surface area (Å²) in [5, 5.41) is 0. The number of carbonyl (C=O) groups is 3. The summed E-state index contributed by atoms with van der Waals surface area (Å²) < 4.78 is 5.63. The summed E-state index contributed by atoms with van der Waals surface area (Å²) in [7, 11) is 0. The first-order valence-electron chi connectivity index (χ1n) is 9.01. The van der Waals surface area contributed by atoms with Gasteiger partial charge in [0.05, 0.1) is 5.41 Å². The van der Waals surface area contributed by atoms with Gasteiger partial charge in [0.1, 0.15) is 6.10 Å². The third-order valence-corrected chi connectivity index (χ3v) is 7.08. The zero-order valence-electron chi connectivity index (χ0n) is 14.3. The molecular weight excluding hydrogens is 304 g/mol. The quantitative estimate of drug-likeness (QED) is 0.694. The maximum Gasteiger partial charge on any atom is 0.302 e. The van der Waals surface area contributed by atoms with Crippen LogP contribution in [0.25, 0.3) is 0 Å². The third kappa shape index (κ3) is 2.01. The molecule has 0 aromatic rings. The van der Waals surface area contributed by atoms with Crippen LogP contribution in [0.3, 0.4) is 0 Å². The van der Waals surface area contributed by atoms with Gasteiger partial charge in [-0.15, -0.1) is 0 Å². The molecule has 4 aliphatic rings. The topological polar surface area (TPSA) is 60.4 Å². The van der Waals surface area contributed by atoms with E-state index in [9.17, 15) is 14.4 Å². The number of hydrogen-bond acceptors (Lipinski definition) is 4. The van der Waals surface area contributed by atoms with Crippen LogP contribution in [0.4, 0.5) is 0 Å². The molecule has 2 fully saturated rings. The zero-order valence-corrected chi connectivity index (χ0v) is 14.3. The first-order valence-corrected chi connectivity index (χ1v) is 9.01. The van der Waals surface area contributed by atoms with Gasteiger partial charge in [0, 0.05) is 24.7 Å². The number of allylic oxidation sites excluding steroid dienone is 4. The molecule has 5 unspecified atom stereocenters. The number of rotatable bonds is 1. The third-order valence-electron chi connectivity index (χ3n) is 7.08. The van der Waals surface area contributed by atoms with Crippen molar-refractivity contribution in [1.29, 1.82) is 0 Å². The maximum atomic E-state index is 13.4. The van der Waals surface area contributed by atoms with Crippen LogP contribution < -0.4 is 0 Å². The van der Waals surface area contributed by atoms with Gasteiger partial charge in [0.2, 0.25) is 0 Å². The van der Waals surface area contributed by atoms with Gasteiger partial charge < -0.3 is 4.74 Å². The van der Waals surface area contributed by atoms with Crippen molar-refractivity contribution in [3.05, 3.63) is 23.8 Å². The van der Waals surface area contributed by atoms with Crippen LogP contribution in [0.2, 0.25) is 0 Å². The van der Waals surface area contributed by atoms with E-state index < -0.39 is 5.41 Å². The molecule has 2 saturated carbocycles. The van der Waals surface area contributed by atoms with Crippen LogP contribution in [0.15, 0.2) is 23.8 Å². The number of ether oxygens (including phenoxy) is 1. The zero-order chi connectivity index (χ0) is 17.1. The molecule has 0 radical (unpaired) electrons. The van der Waals surface area contributed by atoms with Crippen molar-refractivity contribution in [2.24, 2.45) is 22.7 Å². The van der Waals surface area contributed by atoms with Crippen molar-refractivity contribution in [2.75, 3.05) is 0 Å². The monoisotopic (exact) mass is 328 g/mol. The van der Waals surface area contributed by atoms with E-state index >= 15 is 0 Å². The smallest absolute Gasteiger partial charge is 0.302 e. The molecule has 4 rings (SSSR count). The Balaban J connectivity index is 1.77. The first-order chi connectivity index (χ1) is 11.4. The molecule has 128 valence electrons. The summed E-state index contributed by atoms with van der Waals surface area (Å²) in [5.41, 5.74) is 0.269. The second kappa shape index (κ2) is 5.14. The van der Waals surface area contributed by atoms with Crippen molar-refractivity contribution in [3.63, 3.8) is 0 Å². The van der Waals surface area contributed by atoms with Crippen LogP contribution >= 0.6 is 0 Å². The lowest BCUT2D eigenvalue weighted by Crippen LogP contribution is -2.43. The Morgan fingerprint density at radius 1 is 1.21 bits per heavy atom. The minimum absolute atomic E-state index is 0.102. The molecule has 5 atom stereocenters. The number of fused-ring (bicyclic) bond motifs is 3. The minimum Gasteiger partial charge on any atom is -0.462 e. The maximum absolute atomic E-state index is 13.4. The fourth-order valence-electron chi connectivity index (χ4n) is 5.70. The van der Waals surface area contributed by atoms with Crippen LogP contribution in [-0.2, 0) is 19.1 Å². The van der Waals surface area contributed by atoms with Gasteiger partial charge in [0.15, 0.2) is 11.6 Å². The average molecular weight is 328 g/mol. The van der Waals surface area contributed by atoms with Crippen LogP contribution in [-0.4, -0.2) is 23.6 Å². The lowest BCUT2D eigenvalue weighted by Gasteiger charge is -2.40. The Morgan fingerprint density at radius 3 is 2.75 bits per heavy atom. The lowest BCUT2D eigenvalue weighted by atomic mass is 9.61. The minimum atomic E-state index is -0.485.